The molecule has 0 saturated heterocycles. The van der Waals surface area contributed by atoms with E-state index in [1.165, 1.54) is 6.33 Å². The van der Waals surface area contributed by atoms with Crippen molar-refractivity contribution in [3.8, 4) is 0 Å². The van der Waals surface area contributed by atoms with Gasteiger partial charge in [0.15, 0.2) is 11.6 Å². The normalized spacial score (nSPS) is 11.7. The van der Waals surface area contributed by atoms with Crippen molar-refractivity contribution >= 4 is 22.8 Å². The number of nitrogens with zero attached hydrogens (tertiary/aromatic N) is 8. The van der Waals surface area contributed by atoms with Crippen LogP contribution < -0.4 is 16.0 Å². The van der Waals surface area contributed by atoms with Crippen LogP contribution in [0.25, 0.3) is 11.0 Å². The van der Waals surface area contributed by atoms with Gasteiger partial charge in [0, 0.05) is 46.7 Å². The summed E-state index contributed by atoms with van der Waals surface area (Å²) in [6.07, 6.45) is 5.92. The van der Waals surface area contributed by atoms with Crippen molar-refractivity contribution in [1.82, 2.24) is 45.1 Å². The highest BCUT2D eigenvalue weighted by atomic mass is 15.3. The van der Waals surface area contributed by atoms with Crippen molar-refractivity contribution in [2.24, 2.45) is 12.0 Å². The summed E-state index contributed by atoms with van der Waals surface area (Å²) in [4.78, 5) is 12.8. The van der Waals surface area contributed by atoms with E-state index in [-0.39, 0.29) is 0 Å². The van der Waals surface area contributed by atoms with Crippen LogP contribution >= 0.6 is 0 Å². The Morgan fingerprint density at radius 2 is 2.04 bits per heavy atom. The number of hydrogen-bond donors (Lipinski definition) is 3. The number of fused-ring (bicyclic) bond motifs is 1. The lowest BCUT2D eigenvalue weighted by Crippen LogP contribution is -2.40. The van der Waals surface area contributed by atoms with Gasteiger partial charge >= 0.3 is 0 Å². The smallest absolute Gasteiger partial charge is 0.191 e. The minimum Gasteiger partial charge on any atom is -0.368 e. The molecule has 3 N–H and O–H groups in total. The predicted molar refractivity (Wildman–Crippen MR) is 104 cm³/mol. The predicted octanol–water partition coefficient (Wildman–Crippen LogP) is -0.206. The van der Waals surface area contributed by atoms with Gasteiger partial charge in [0.2, 0.25) is 0 Å². The first-order chi connectivity index (χ1) is 13.2. The number of hydrogen-bond acceptors (Lipinski definition) is 7. The first-order valence-corrected chi connectivity index (χ1v) is 8.90. The molecule has 0 atom stereocenters. The second-order valence-electron chi connectivity index (χ2n) is 5.87. The summed E-state index contributed by atoms with van der Waals surface area (Å²) in [6.45, 7) is 4.97. The maximum atomic E-state index is 4.29. The maximum Gasteiger partial charge on any atom is 0.191 e. The van der Waals surface area contributed by atoms with Gasteiger partial charge in [-0.15, -0.1) is 10.2 Å². The monoisotopic (exact) mass is 371 g/mol. The molecule has 3 aromatic heterocycles. The third kappa shape index (κ3) is 4.49. The zero-order valence-corrected chi connectivity index (χ0v) is 15.8. The van der Waals surface area contributed by atoms with E-state index in [1.807, 2.05) is 11.6 Å². The molecule has 0 aliphatic rings. The molecular formula is C16H25N11. The van der Waals surface area contributed by atoms with E-state index in [9.17, 15) is 0 Å². The summed E-state index contributed by atoms with van der Waals surface area (Å²) >= 11 is 0. The fraction of sp³-hybridized carbons (Fsp3) is 0.500. The molecule has 0 amide bonds. The molecule has 0 bridgehead atoms. The summed E-state index contributed by atoms with van der Waals surface area (Å²) in [5.41, 5.74) is 0.804. The summed E-state index contributed by atoms with van der Waals surface area (Å²) in [5.74, 6) is 2.50. The Morgan fingerprint density at radius 3 is 2.85 bits per heavy atom. The molecule has 0 unspecified atom stereocenters. The second-order valence-corrected chi connectivity index (χ2v) is 5.87. The lowest BCUT2D eigenvalue weighted by molar-refractivity contribution is 0.633. The average molecular weight is 371 g/mol. The Bertz CT molecular complexity index is 895. The van der Waals surface area contributed by atoms with Crippen LogP contribution in [-0.2, 0) is 20.0 Å². The van der Waals surface area contributed by atoms with Crippen LogP contribution in [0.1, 0.15) is 12.7 Å². The molecule has 0 aromatic carbocycles. The first-order valence-electron chi connectivity index (χ1n) is 8.90. The fourth-order valence-corrected chi connectivity index (χ4v) is 2.72. The molecule has 0 fully saturated rings. The van der Waals surface area contributed by atoms with Gasteiger partial charge in [-0.3, -0.25) is 9.67 Å². The van der Waals surface area contributed by atoms with E-state index in [0.29, 0.717) is 13.1 Å². The van der Waals surface area contributed by atoms with E-state index in [1.54, 1.807) is 24.3 Å². The number of aromatic nitrogens is 7. The molecule has 3 aromatic rings. The van der Waals surface area contributed by atoms with E-state index >= 15 is 0 Å². The fourth-order valence-electron chi connectivity index (χ4n) is 2.72. The van der Waals surface area contributed by atoms with Gasteiger partial charge in [-0.05, 0) is 0 Å². The zero-order valence-electron chi connectivity index (χ0n) is 15.8. The van der Waals surface area contributed by atoms with Gasteiger partial charge in [0.05, 0.1) is 11.6 Å². The minimum atomic E-state index is 0.688. The molecule has 0 aliphatic heterocycles. The van der Waals surface area contributed by atoms with E-state index in [2.05, 4.69) is 53.1 Å². The Labute approximate surface area is 157 Å². The molecule has 27 heavy (non-hydrogen) atoms. The van der Waals surface area contributed by atoms with E-state index < -0.39 is 0 Å². The van der Waals surface area contributed by atoms with Crippen LogP contribution in [0, 0.1) is 0 Å². The number of guanidine groups is 1. The Morgan fingerprint density at radius 1 is 1.19 bits per heavy atom. The molecule has 0 radical (unpaired) electrons. The third-order valence-corrected chi connectivity index (χ3v) is 4.12. The van der Waals surface area contributed by atoms with Crippen LogP contribution in [0.5, 0.6) is 0 Å². The van der Waals surface area contributed by atoms with E-state index in [0.717, 1.165) is 48.1 Å². The molecule has 3 rings (SSSR count). The molecular weight excluding hydrogens is 346 g/mol. The number of rotatable bonds is 8. The summed E-state index contributed by atoms with van der Waals surface area (Å²) in [6, 6.07) is 0. The summed E-state index contributed by atoms with van der Waals surface area (Å²) in [7, 11) is 3.61. The van der Waals surface area contributed by atoms with Crippen molar-refractivity contribution < 1.29 is 0 Å². The SMILES string of the molecule is CCc1nncn1CCNC(=NC)NCCNc1ncnc2c1cnn2C. The van der Waals surface area contributed by atoms with Gasteiger partial charge in [-0.2, -0.15) is 5.10 Å². The van der Waals surface area contributed by atoms with Crippen molar-refractivity contribution in [3.63, 3.8) is 0 Å². The average Bonchev–Trinajstić information content (AvgIpc) is 3.30. The highest BCUT2D eigenvalue weighted by molar-refractivity contribution is 5.86. The summed E-state index contributed by atoms with van der Waals surface area (Å²) < 4.78 is 3.77. The number of nitrogens with one attached hydrogen (secondary N) is 3. The van der Waals surface area contributed by atoms with Gasteiger partial charge in [-0.25, -0.2) is 9.97 Å². The number of aryl methyl sites for hydroxylation is 2. The zero-order chi connectivity index (χ0) is 19.1. The second kappa shape index (κ2) is 8.92. The lowest BCUT2D eigenvalue weighted by atomic mass is 10.4. The molecule has 11 heteroatoms. The van der Waals surface area contributed by atoms with Gasteiger partial charge in [-0.1, -0.05) is 6.92 Å². The topological polar surface area (TPSA) is 123 Å². The summed E-state index contributed by atoms with van der Waals surface area (Å²) in [5, 5.41) is 23.0. The van der Waals surface area contributed by atoms with Crippen LogP contribution in [0.2, 0.25) is 0 Å². The Hall–Kier alpha value is -3.24. The lowest BCUT2D eigenvalue weighted by Gasteiger charge is -2.13. The first kappa shape index (κ1) is 18.5. The van der Waals surface area contributed by atoms with Crippen molar-refractivity contribution in [2.75, 3.05) is 32.0 Å². The number of aliphatic imine (C=N–C) groups is 1. The third-order valence-electron chi connectivity index (χ3n) is 4.12. The van der Waals surface area contributed by atoms with Crippen LogP contribution in [0.4, 0.5) is 5.82 Å². The highest BCUT2D eigenvalue weighted by Gasteiger charge is 2.07. The quantitative estimate of drug-likeness (QED) is 0.282. The molecule has 144 valence electrons. The Kier molecular flexibility index (Phi) is 6.13. The van der Waals surface area contributed by atoms with Crippen molar-refractivity contribution in [1.29, 1.82) is 0 Å². The van der Waals surface area contributed by atoms with Crippen molar-refractivity contribution in [3.05, 3.63) is 24.7 Å². The molecule has 0 spiro atoms. The van der Waals surface area contributed by atoms with Crippen LogP contribution in [0.15, 0.2) is 23.8 Å². The molecule has 3 heterocycles. The Balaban J connectivity index is 1.42. The molecule has 0 aliphatic carbocycles. The van der Waals surface area contributed by atoms with E-state index in [4.69, 9.17) is 0 Å². The highest BCUT2D eigenvalue weighted by Crippen LogP contribution is 2.16. The molecule has 0 saturated carbocycles. The number of anilines is 1. The van der Waals surface area contributed by atoms with Gasteiger partial charge < -0.3 is 20.5 Å². The maximum absolute atomic E-state index is 4.29. The standard InChI is InChI=1S/C16H25N11/c1-4-13-25-23-11-27(13)8-7-20-16(17-2)19-6-5-18-14-12-9-24-26(3)15(12)22-10-21-14/h9-11H,4-8H2,1-3H3,(H2,17,19,20)(H,18,21,22). The van der Waals surface area contributed by atoms with Gasteiger partial charge in [0.25, 0.3) is 0 Å². The minimum absolute atomic E-state index is 0.688. The largest absolute Gasteiger partial charge is 0.368 e. The van der Waals surface area contributed by atoms with Gasteiger partial charge in [0.1, 0.15) is 24.3 Å². The molecule has 11 nitrogen and oxygen atoms in total. The van der Waals surface area contributed by atoms with Crippen LogP contribution in [-0.4, -0.2) is 67.2 Å². The van der Waals surface area contributed by atoms with Crippen LogP contribution in [0.3, 0.4) is 0 Å². The van der Waals surface area contributed by atoms with Crippen molar-refractivity contribution in [2.45, 2.75) is 19.9 Å².